The molecule has 0 N–H and O–H groups in total. The fraction of sp³-hybridized carbons (Fsp3) is 0. The summed E-state index contributed by atoms with van der Waals surface area (Å²) in [4.78, 5) is 3.36. The van der Waals surface area contributed by atoms with Gasteiger partial charge in [0.1, 0.15) is 5.82 Å². The van der Waals surface area contributed by atoms with Gasteiger partial charge in [0.05, 0.1) is 17.5 Å². The van der Waals surface area contributed by atoms with Crippen LogP contribution in [-0.2, 0) is 0 Å². The lowest BCUT2D eigenvalue weighted by molar-refractivity contribution is 0.381. The summed E-state index contributed by atoms with van der Waals surface area (Å²) in [5.41, 5.74) is -1.70. The lowest BCUT2D eigenvalue weighted by atomic mass is 10.1. The van der Waals surface area contributed by atoms with Crippen LogP contribution in [0.2, 0.25) is 0 Å². The average molecular weight is 389 g/mol. The number of aromatic nitrogens is 1. The Hall–Kier alpha value is -1.32. The maximum atomic E-state index is 13.5. The van der Waals surface area contributed by atoms with Crippen LogP contribution in [0.4, 0.5) is 26.3 Å². The second kappa shape index (κ2) is 4.99. The Morgan fingerprint density at radius 2 is 1.26 bits per heavy atom. The van der Waals surface area contributed by atoms with Crippen molar-refractivity contribution >= 4 is 22.6 Å². The first kappa shape index (κ1) is 14.1. The molecule has 1 aromatic heterocycles. The molecule has 0 fully saturated rings. The first-order chi connectivity index (χ1) is 8.84. The van der Waals surface area contributed by atoms with Crippen molar-refractivity contribution in [3.63, 3.8) is 0 Å². The lowest BCUT2D eigenvalue weighted by Crippen LogP contribution is -2.06. The summed E-state index contributed by atoms with van der Waals surface area (Å²) >= 11 is 1.48. The van der Waals surface area contributed by atoms with E-state index >= 15 is 0 Å². The van der Waals surface area contributed by atoms with Gasteiger partial charge in [-0.2, -0.15) is 0 Å². The number of pyridine rings is 1. The highest BCUT2D eigenvalue weighted by atomic mass is 127. The zero-order valence-electron chi connectivity index (χ0n) is 8.75. The number of halogens is 7. The molecule has 0 atom stereocenters. The van der Waals surface area contributed by atoms with Crippen molar-refractivity contribution in [2.45, 2.75) is 0 Å². The standard InChI is InChI=1S/C11H2F6IN/c12-3-1-4(18)11(19-2-3)5-6(13)8(15)10(17)9(16)7(5)14/h1-2H. The predicted octanol–water partition coefficient (Wildman–Crippen LogP) is 4.19. The van der Waals surface area contributed by atoms with Crippen LogP contribution in [0.25, 0.3) is 11.3 Å². The maximum absolute atomic E-state index is 13.5. The van der Waals surface area contributed by atoms with E-state index in [1.54, 1.807) is 0 Å². The van der Waals surface area contributed by atoms with Crippen LogP contribution < -0.4 is 0 Å². The quantitative estimate of drug-likeness (QED) is 0.309. The van der Waals surface area contributed by atoms with Crippen molar-refractivity contribution < 1.29 is 26.3 Å². The van der Waals surface area contributed by atoms with E-state index in [-0.39, 0.29) is 3.57 Å². The van der Waals surface area contributed by atoms with E-state index in [0.717, 1.165) is 6.07 Å². The van der Waals surface area contributed by atoms with Gasteiger partial charge in [-0.05, 0) is 28.7 Å². The zero-order valence-corrected chi connectivity index (χ0v) is 10.9. The SMILES string of the molecule is Fc1cnc(-c2c(F)c(F)c(F)c(F)c2F)c(I)c1. The van der Waals surface area contributed by atoms with E-state index in [1.807, 2.05) is 0 Å². The van der Waals surface area contributed by atoms with Gasteiger partial charge in [0.2, 0.25) is 5.82 Å². The number of rotatable bonds is 1. The largest absolute Gasteiger partial charge is 0.252 e. The van der Waals surface area contributed by atoms with Crippen molar-refractivity contribution in [2.24, 2.45) is 0 Å². The van der Waals surface area contributed by atoms with Gasteiger partial charge < -0.3 is 0 Å². The minimum atomic E-state index is -2.25. The molecule has 0 amide bonds. The van der Waals surface area contributed by atoms with Crippen LogP contribution in [0, 0.1) is 38.5 Å². The third-order valence-corrected chi connectivity index (χ3v) is 3.08. The molecule has 8 heteroatoms. The molecular formula is C11H2F6IN. The topological polar surface area (TPSA) is 12.9 Å². The first-order valence-corrected chi connectivity index (χ1v) is 5.75. The molecule has 1 aromatic carbocycles. The van der Waals surface area contributed by atoms with E-state index in [0.29, 0.717) is 6.20 Å². The van der Waals surface area contributed by atoms with Gasteiger partial charge in [0.25, 0.3) is 0 Å². The van der Waals surface area contributed by atoms with Crippen LogP contribution in [0.1, 0.15) is 0 Å². The minimum absolute atomic E-state index is 0.0826. The highest BCUT2D eigenvalue weighted by molar-refractivity contribution is 14.1. The fourth-order valence-corrected chi connectivity index (χ4v) is 2.12. The summed E-state index contributed by atoms with van der Waals surface area (Å²) in [5, 5.41) is 0. The van der Waals surface area contributed by atoms with Crippen molar-refractivity contribution in [3.8, 4) is 11.3 Å². The zero-order chi connectivity index (χ0) is 14.3. The van der Waals surface area contributed by atoms with E-state index in [4.69, 9.17) is 0 Å². The highest BCUT2D eigenvalue weighted by Gasteiger charge is 2.28. The summed E-state index contributed by atoms with van der Waals surface area (Å²) in [6, 6.07) is 0.862. The summed E-state index contributed by atoms with van der Waals surface area (Å²) in [6.07, 6.45) is 0.621. The van der Waals surface area contributed by atoms with E-state index < -0.39 is 46.2 Å². The number of hydrogen-bond donors (Lipinski definition) is 0. The highest BCUT2D eigenvalue weighted by Crippen LogP contribution is 2.32. The smallest absolute Gasteiger partial charge is 0.200 e. The van der Waals surface area contributed by atoms with Crippen molar-refractivity contribution in [3.05, 3.63) is 50.7 Å². The Kier molecular flexibility index (Phi) is 3.70. The van der Waals surface area contributed by atoms with Gasteiger partial charge in [-0.15, -0.1) is 0 Å². The Labute approximate surface area is 116 Å². The molecule has 100 valence electrons. The molecule has 0 spiro atoms. The summed E-state index contributed by atoms with van der Waals surface area (Å²) < 4.78 is 78.7. The molecule has 19 heavy (non-hydrogen) atoms. The maximum Gasteiger partial charge on any atom is 0.200 e. The molecule has 0 aliphatic carbocycles. The normalized spacial score (nSPS) is 10.9. The summed E-state index contributed by atoms with van der Waals surface area (Å²) in [7, 11) is 0. The number of benzene rings is 1. The van der Waals surface area contributed by atoms with Gasteiger partial charge >= 0.3 is 0 Å². The molecule has 0 unspecified atom stereocenters. The third-order valence-electron chi connectivity index (χ3n) is 2.25. The van der Waals surface area contributed by atoms with Gasteiger partial charge in [-0.1, -0.05) is 0 Å². The number of hydrogen-bond acceptors (Lipinski definition) is 1. The van der Waals surface area contributed by atoms with Crippen molar-refractivity contribution in [1.29, 1.82) is 0 Å². The monoisotopic (exact) mass is 389 g/mol. The van der Waals surface area contributed by atoms with Gasteiger partial charge in [-0.25, -0.2) is 26.3 Å². The van der Waals surface area contributed by atoms with E-state index in [9.17, 15) is 26.3 Å². The molecule has 0 aliphatic rings. The van der Waals surface area contributed by atoms with Crippen molar-refractivity contribution in [2.75, 3.05) is 0 Å². The Bertz CT molecular complexity index is 644. The average Bonchev–Trinajstić information content (AvgIpc) is 2.37. The minimum Gasteiger partial charge on any atom is -0.252 e. The van der Waals surface area contributed by atoms with Crippen LogP contribution in [0.3, 0.4) is 0 Å². The summed E-state index contributed by atoms with van der Waals surface area (Å²) in [6.45, 7) is 0. The van der Waals surface area contributed by atoms with E-state index in [2.05, 4.69) is 4.98 Å². The molecule has 0 aliphatic heterocycles. The Morgan fingerprint density at radius 1 is 0.789 bits per heavy atom. The fourth-order valence-electron chi connectivity index (χ4n) is 1.41. The molecule has 2 rings (SSSR count). The van der Waals surface area contributed by atoms with Crippen LogP contribution in [0.15, 0.2) is 12.3 Å². The van der Waals surface area contributed by atoms with E-state index in [1.165, 1.54) is 22.6 Å². The third kappa shape index (κ3) is 2.28. The van der Waals surface area contributed by atoms with Gasteiger partial charge in [0.15, 0.2) is 23.3 Å². The predicted molar refractivity (Wildman–Crippen MR) is 62.1 cm³/mol. The molecule has 0 radical (unpaired) electrons. The molecule has 2 aromatic rings. The Balaban J connectivity index is 2.83. The molecule has 1 nitrogen and oxygen atoms in total. The molecule has 0 bridgehead atoms. The van der Waals surface area contributed by atoms with Crippen LogP contribution in [-0.4, -0.2) is 4.98 Å². The van der Waals surface area contributed by atoms with Crippen molar-refractivity contribution in [1.82, 2.24) is 4.98 Å². The lowest BCUT2D eigenvalue weighted by Gasteiger charge is -2.09. The van der Waals surface area contributed by atoms with Crippen LogP contribution in [0.5, 0.6) is 0 Å². The summed E-state index contributed by atoms with van der Waals surface area (Å²) in [5.74, 6) is -11.2. The molecule has 0 saturated carbocycles. The number of nitrogens with zero attached hydrogens (tertiary/aromatic N) is 1. The molecule has 0 saturated heterocycles. The molecular weight excluding hydrogens is 387 g/mol. The van der Waals surface area contributed by atoms with Gasteiger partial charge in [-0.3, -0.25) is 4.98 Å². The second-order valence-electron chi connectivity index (χ2n) is 3.43. The second-order valence-corrected chi connectivity index (χ2v) is 4.59. The Morgan fingerprint density at radius 3 is 1.74 bits per heavy atom. The first-order valence-electron chi connectivity index (χ1n) is 4.67. The molecule has 1 heterocycles. The van der Waals surface area contributed by atoms with Crippen LogP contribution >= 0.6 is 22.6 Å². The van der Waals surface area contributed by atoms with Gasteiger partial charge in [0, 0.05) is 3.57 Å².